The topological polar surface area (TPSA) is 227 Å². The maximum absolute atomic E-state index is 14.8. The lowest BCUT2D eigenvalue weighted by molar-refractivity contribution is -0.384. The van der Waals surface area contributed by atoms with Crippen LogP contribution in [0.2, 0.25) is 0 Å². The molecule has 7 aliphatic rings. The zero-order valence-corrected chi connectivity index (χ0v) is 49.7. The molecule has 2 saturated carbocycles. The number of nitrogens with zero attached hydrogens (tertiary/aromatic N) is 9. The largest absolute Gasteiger partial charge is 0.493 e. The summed E-state index contributed by atoms with van der Waals surface area (Å²) in [5.41, 5.74) is 6.19. The van der Waals surface area contributed by atoms with Crippen molar-refractivity contribution in [3.63, 3.8) is 0 Å². The average molecular weight is 1180 g/mol. The molecule has 21 nitrogen and oxygen atoms in total. The van der Waals surface area contributed by atoms with Crippen molar-refractivity contribution < 1.29 is 37.5 Å². The van der Waals surface area contributed by atoms with E-state index in [1.54, 1.807) is 13.2 Å². The number of nitro benzene ring substituents is 1. The Hall–Kier alpha value is -7.08. The Labute approximate surface area is 496 Å². The van der Waals surface area contributed by atoms with Crippen molar-refractivity contribution in [2.75, 3.05) is 124 Å². The number of aromatic amines is 1. The Morgan fingerprint density at radius 1 is 0.871 bits per heavy atom. The number of hydrogen-bond acceptors (Lipinski definition) is 18. The summed E-state index contributed by atoms with van der Waals surface area (Å²) < 4.78 is 48.4. The van der Waals surface area contributed by atoms with E-state index in [1.165, 1.54) is 23.3 Å². The second kappa shape index (κ2) is 23.3. The molecule has 1 spiro atoms. The Bertz CT molecular complexity index is 3570. The third-order valence-electron chi connectivity index (χ3n) is 19.5. The normalized spacial score (nSPS) is 24.0. The van der Waals surface area contributed by atoms with E-state index in [0.717, 1.165) is 142 Å². The molecule has 3 aromatic heterocycles. The SMILES string of the molecule is COc1cc(CN2CCN(C3CC4(CCN(c5ccc(C(=O)NS(=O)(=O)c6ccc(NCC7CCC(C)(O)CC7)c([N+](=O)[O-])c6)c(N6C[C@@H]7COCCN7c7nc8[nH]ccc8cc76)c5)CC4)C3)[C@H](c3ccccc3C)C2)cnc1N1CCOCC1. The van der Waals surface area contributed by atoms with E-state index in [9.17, 15) is 28.4 Å². The van der Waals surface area contributed by atoms with Crippen molar-refractivity contribution in [1.29, 1.82) is 0 Å². The number of piperidine rings is 1. The molecule has 85 heavy (non-hydrogen) atoms. The number of aliphatic hydroxyl groups is 1. The van der Waals surface area contributed by atoms with Gasteiger partial charge in [-0.1, -0.05) is 24.3 Å². The van der Waals surface area contributed by atoms with Crippen molar-refractivity contribution in [2.24, 2.45) is 11.3 Å². The number of nitrogens with one attached hydrogen (secondary N) is 3. The number of nitro groups is 1. The quantitative estimate of drug-likeness (QED) is 0.0562. The third kappa shape index (κ3) is 11.6. The van der Waals surface area contributed by atoms with Crippen LogP contribution in [-0.4, -0.2) is 166 Å². The summed E-state index contributed by atoms with van der Waals surface area (Å²) in [7, 11) is -2.90. The van der Waals surface area contributed by atoms with E-state index in [4.69, 9.17) is 24.2 Å². The highest BCUT2D eigenvalue weighted by Gasteiger charge is 2.50. The Kier molecular flexibility index (Phi) is 15.6. The van der Waals surface area contributed by atoms with Crippen molar-refractivity contribution >= 4 is 67.0 Å². The van der Waals surface area contributed by atoms with Crippen LogP contribution in [0.15, 0.2) is 96.2 Å². The first-order valence-electron chi connectivity index (χ1n) is 30.3. The van der Waals surface area contributed by atoms with E-state index < -0.39 is 37.0 Å². The molecular formula is C63H78N12O9S. The molecule has 450 valence electrons. The van der Waals surface area contributed by atoms with Crippen LogP contribution in [0, 0.1) is 28.4 Å². The van der Waals surface area contributed by atoms with Gasteiger partial charge in [0.2, 0.25) is 0 Å². The van der Waals surface area contributed by atoms with Gasteiger partial charge in [-0.15, -0.1) is 0 Å². The number of rotatable bonds is 15. The molecule has 1 amide bonds. The number of carbonyl (C=O) groups is 1. The van der Waals surface area contributed by atoms with Crippen LogP contribution >= 0.6 is 0 Å². The lowest BCUT2D eigenvalue weighted by atomic mass is 9.59. The molecule has 2 atom stereocenters. The van der Waals surface area contributed by atoms with Crippen molar-refractivity contribution in [3.8, 4) is 5.75 Å². The molecule has 4 N–H and O–H groups in total. The molecule has 22 heteroatoms. The van der Waals surface area contributed by atoms with Gasteiger partial charge in [-0.25, -0.2) is 23.1 Å². The van der Waals surface area contributed by atoms with Crippen LogP contribution in [-0.2, 0) is 26.0 Å². The van der Waals surface area contributed by atoms with Crippen LogP contribution in [0.3, 0.4) is 0 Å². The van der Waals surface area contributed by atoms with E-state index in [0.29, 0.717) is 70.6 Å². The number of H-pyrrole nitrogens is 1. The van der Waals surface area contributed by atoms with Crippen molar-refractivity contribution in [2.45, 2.75) is 100 Å². The number of piperazine rings is 1. The highest BCUT2D eigenvalue weighted by Crippen LogP contribution is 2.54. The van der Waals surface area contributed by atoms with Crippen molar-refractivity contribution in [1.82, 2.24) is 29.5 Å². The predicted molar refractivity (Wildman–Crippen MR) is 327 cm³/mol. The third-order valence-corrected chi connectivity index (χ3v) is 20.9. The fourth-order valence-corrected chi connectivity index (χ4v) is 15.6. The summed E-state index contributed by atoms with van der Waals surface area (Å²) in [4.78, 5) is 53.9. The number of methoxy groups -OCH3 is 1. The minimum atomic E-state index is -4.62. The van der Waals surface area contributed by atoms with Gasteiger partial charge in [0.15, 0.2) is 17.4 Å². The number of sulfonamides is 1. The number of hydrogen-bond donors (Lipinski definition) is 4. The first-order chi connectivity index (χ1) is 41.1. The van der Waals surface area contributed by atoms with Gasteiger partial charge in [0.25, 0.3) is 21.6 Å². The van der Waals surface area contributed by atoms with E-state index in [2.05, 4.69) is 87.7 Å². The molecule has 0 unspecified atom stereocenters. The number of morpholine rings is 2. The number of benzene rings is 3. The molecule has 2 aliphatic carbocycles. The first kappa shape index (κ1) is 57.0. The van der Waals surface area contributed by atoms with Gasteiger partial charge in [-0.3, -0.25) is 24.7 Å². The summed E-state index contributed by atoms with van der Waals surface area (Å²) in [6, 6.07) is 24.9. The second-order valence-electron chi connectivity index (χ2n) is 25.0. The van der Waals surface area contributed by atoms with E-state index >= 15 is 0 Å². The van der Waals surface area contributed by atoms with Crippen molar-refractivity contribution in [3.05, 3.63) is 124 Å². The molecule has 13 rings (SSSR count). The van der Waals surface area contributed by atoms with Gasteiger partial charge < -0.3 is 49.2 Å². The Morgan fingerprint density at radius 3 is 2.44 bits per heavy atom. The summed E-state index contributed by atoms with van der Waals surface area (Å²) in [6.45, 7) is 14.8. The lowest BCUT2D eigenvalue weighted by Gasteiger charge is -2.58. The van der Waals surface area contributed by atoms with Crippen LogP contribution in [0.5, 0.6) is 5.75 Å². The highest BCUT2D eigenvalue weighted by molar-refractivity contribution is 7.90. The number of anilines is 6. The predicted octanol–water partition coefficient (Wildman–Crippen LogP) is 8.16. The number of aromatic nitrogens is 3. The minimum Gasteiger partial charge on any atom is -0.493 e. The van der Waals surface area contributed by atoms with E-state index in [1.807, 2.05) is 37.5 Å². The lowest BCUT2D eigenvalue weighted by Crippen LogP contribution is -2.59. The van der Waals surface area contributed by atoms with Gasteiger partial charge in [0.1, 0.15) is 11.3 Å². The van der Waals surface area contributed by atoms with Gasteiger partial charge in [-0.2, -0.15) is 0 Å². The molecule has 6 aromatic rings. The summed E-state index contributed by atoms with van der Waals surface area (Å²) in [5, 5.41) is 26.9. The van der Waals surface area contributed by atoms with Crippen LogP contribution in [0.25, 0.3) is 11.0 Å². The van der Waals surface area contributed by atoms with E-state index in [-0.39, 0.29) is 34.7 Å². The summed E-state index contributed by atoms with van der Waals surface area (Å²) in [6.07, 6.45) is 10.9. The zero-order chi connectivity index (χ0) is 58.6. The number of carbonyl (C=O) groups excluding carboxylic acids is 1. The molecule has 3 aromatic carbocycles. The highest BCUT2D eigenvalue weighted by atomic mass is 32.2. The number of amides is 1. The molecule has 6 fully saturated rings. The molecule has 8 heterocycles. The molecule has 0 bridgehead atoms. The Morgan fingerprint density at radius 2 is 1.66 bits per heavy atom. The van der Waals surface area contributed by atoms with Gasteiger partial charge in [0.05, 0.1) is 71.9 Å². The van der Waals surface area contributed by atoms with Crippen LogP contribution in [0.4, 0.5) is 40.1 Å². The van der Waals surface area contributed by atoms with Gasteiger partial charge in [0, 0.05) is 114 Å². The molecule has 0 radical (unpaired) electrons. The second-order valence-corrected chi connectivity index (χ2v) is 26.7. The number of aryl methyl sites for hydroxylation is 1. The number of pyridine rings is 2. The van der Waals surface area contributed by atoms with Crippen LogP contribution in [0.1, 0.15) is 91.4 Å². The maximum Gasteiger partial charge on any atom is 0.293 e. The first-order valence-corrected chi connectivity index (χ1v) is 31.8. The van der Waals surface area contributed by atoms with Gasteiger partial charge >= 0.3 is 0 Å². The summed E-state index contributed by atoms with van der Waals surface area (Å²) in [5.74, 6) is 1.75. The fourth-order valence-electron chi connectivity index (χ4n) is 14.6. The smallest absolute Gasteiger partial charge is 0.293 e. The minimum absolute atomic E-state index is 0.112. The van der Waals surface area contributed by atoms with Gasteiger partial charge in [-0.05, 0) is 142 Å². The Balaban J connectivity index is 0.732. The molecule has 4 saturated heterocycles. The average Bonchev–Trinajstić information content (AvgIpc) is 2.69. The maximum atomic E-state index is 14.8. The molecular weight excluding hydrogens is 1100 g/mol. The monoisotopic (exact) mass is 1180 g/mol. The number of ether oxygens (including phenoxy) is 3. The summed E-state index contributed by atoms with van der Waals surface area (Å²) >= 11 is 0. The molecule has 5 aliphatic heterocycles. The number of fused-ring (bicyclic) bond motifs is 4. The zero-order valence-electron chi connectivity index (χ0n) is 48.9. The standard InChI is InChI=1S/C63H78N12O9S/c1-42-6-4-5-7-50(42)56-40-69(38-44-30-57(82-3)60(66-37-44)71-24-27-83-28-25-71)22-23-72(56)47-34-63(35-47)17-20-70(21-18-63)46-8-10-51(53(32-46)74-39-48-41-84-29-26-73(48)59-55(74)31-45-14-19-64-58(45)67-59)61(76)68-85(80,81)49-9-11-52(54(33-49)75(78)79)65-36-43-12-15-62(2,77)16-13-43/h4-11,14,19,30-33,37,43,47-48,56,65,77H,12-13,15-18,20-29,34-36,38-41H2,1-3H3,(H,64,67)(H,68,76)/t43?,48-,56+,62?/m1/s1. The van der Waals surface area contributed by atoms with Crippen LogP contribution < -0.4 is 34.4 Å². The fraction of sp³-hybridized carbons (Fsp3) is 0.508.